The summed E-state index contributed by atoms with van der Waals surface area (Å²) in [6, 6.07) is 21.7. The number of hydrogen-bond donors (Lipinski definition) is 0. The standard InChI is InChI=1S/C20H24N2O/c1-17(23)21-12-14-22(15-13-21)20(19-10-6-3-7-11-19)16-18-8-4-2-5-9-18/h2-11,20H,12-16H2,1H3/t20-/m0/s1. The molecule has 0 spiro atoms. The fourth-order valence-electron chi connectivity index (χ4n) is 3.32. The van der Waals surface area contributed by atoms with Crippen LogP contribution in [0.25, 0.3) is 0 Å². The first kappa shape index (κ1) is 15.8. The molecule has 1 aliphatic heterocycles. The van der Waals surface area contributed by atoms with E-state index in [1.54, 1.807) is 6.92 Å². The molecular weight excluding hydrogens is 284 g/mol. The number of carbonyl (C=O) groups excluding carboxylic acids is 1. The van der Waals surface area contributed by atoms with Gasteiger partial charge in [0, 0.05) is 39.1 Å². The molecule has 0 aromatic heterocycles. The van der Waals surface area contributed by atoms with Gasteiger partial charge in [-0.3, -0.25) is 9.69 Å². The van der Waals surface area contributed by atoms with Crippen molar-refractivity contribution in [1.29, 1.82) is 0 Å². The summed E-state index contributed by atoms with van der Waals surface area (Å²) >= 11 is 0. The summed E-state index contributed by atoms with van der Waals surface area (Å²) < 4.78 is 0. The van der Waals surface area contributed by atoms with Gasteiger partial charge in [-0.05, 0) is 17.5 Å². The molecule has 1 aliphatic rings. The molecular formula is C20H24N2O. The Balaban J connectivity index is 1.77. The largest absolute Gasteiger partial charge is 0.340 e. The van der Waals surface area contributed by atoms with Gasteiger partial charge in [0.15, 0.2) is 0 Å². The third-order valence-corrected chi connectivity index (χ3v) is 4.66. The maximum absolute atomic E-state index is 11.5. The fraction of sp³-hybridized carbons (Fsp3) is 0.350. The number of nitrogens with zero attached hydrogens (tertiary/aromatic N) is 2. The molecule has 0 bridgehead atoms. The van der Waals surface area contributed by atoms with E-state index in [0.717, 1.165) is 32.6 Å². The molecule has 3 rings (SSSR count). The van der Waals surface area contributed by atoms with Crippen LogP contribution in [0.4, 0.5) is 0 Å². The minimum atomic E-state index is 0.184. The van der Waals surface area contributed by atoms with Crippen molar-refractivity contribution >= 4 is 5.91 Å². The molecule has 2 aromatic carbocycles. The molecule has 23 heavy (non-hydrogen) atoms. The molecule has 0 unspecified atom stereocenters. The van der Waals surface area contributed by atoms with E-state index in [1.165, 1.54) is 11.1 Å². The van der Waals surface area contributed by atoms with E-state index >= 15 is 0 Å². The van der Waals surface area contributed by atoms with E-state index in [4.69, 9.17) is 0 Å². The average Bonchev–Trinajstić information content (AvgIpc) is 2.61. The van der Waals surface area contributed by atoms with Gasteiger partial charge < -0.3 is 4.90 Å². The lowest BCUT2D eigenvalue weighted by atomic mass is 9.96. The Kier molecular flexibility index (Phi) is 5.09. The van der Waals surface area contributed by atoms with Crippen molar-refractivity contribution < 1.29 is 4.79 Å². The van der Waals surface area contributed by atoms with E-state index in [-0.39, 0.29) is 5.91 Å². The monoisotopic (exact) mass is 308 g/mol. The summed E-state index contributed by atoms with van der Waals surface area (Å²) in [4.78, 5) is 16.0. The zero-order chi connectivity index (χ0) is 16.1. The highest BCUT2D eigenvalue weighted by Crippen LogP contribution is 2.26. The molecule has 120 valence electrons. The molecule has 3 heteroatoms. The molecule has 0 aliphatic carbocycles. The molecule has 1 amide bonds. The van der Waals surface area contributed by atoms with Gasteiger partial charge >= 0.3 is 0 Å². The van der Waals surface area contributed by atoms with Crippen molar-refractivity contribution in [1.82, 2.24) is 9.80 Å². The molecule has 2 aromatic rings. The SMILES string of the molecule is CC(=O)N1CCN([C@@H](Cc2ccccc2)c2ccccc2)CC1. The van der Waals surface area contributed by atoms with Gasteiger partial charge in [-0.2, -0.15) is 0 Å². The first-order valence-electron chi connectivity index (χ1n) is 8.32. The van der Waals surface area contributed by atoms with E-state index in [0.29, 0.717) is 6.04 Å². The number of carbonyl (C=O) groups is 1. The number of hydrogen-bond acceptors (Lipinski definition) is 2. The highest BCUT2D eigenvalue weighted by molar-refractivity contribution is 5.73. The Bertz CT molecular complexity index is 619. The van der Waals surface area contributed by atoms with Gasteiger partial charge in [-0.1, -0.05) is 60.7 Å². The Labute approximate surface area is 138 Å². The van der Waals surface area contributed by atoms with Gasteiger partial charge in [0.1, 0.15) is 0 Å². The van der Waals surface area contributed by atoms with Crippen molar-refractivity contribution in [2.75, 3.05) is 26.2 Å². The van der Waals surface area contributed by atoms with E-state index in [2.05, 4.69) is 65.6 Å². The molecule has 3 nitrogen and oxygen atoms in total. The number of rotatable bonds is 4. The van der Waals surface area contributed by atoms with Crippen LogP contribution >= 0.6 is 0 Å². The van der Waals surface area contributed by atoms with E-state index in [9.17, 15) is 4.79 Å². The number of amides is 1. The maximum Gasteiger partial charge on any atom is 0.219 e. The van der Waals surface area contributed by atoms with Gasteiger partial charge in [0.25, 0.3) is 0 Å². The molecule has 0 N–H and O–H groups in total. The smallest absolute Gasteiger partial charge is 0.219 e. The lowest BCUT2D eigenvalue weighted by molar-refractivity contribution is -0.130. The quantitative estimate of drug-likeness (QED) is 0.866. The first-order valence-corrected chi connectivity index (χ1v) is 8.32. The summed E-state index contributed by atoms with van der Waals surface area (Å²) in [5, 5.41) is 0. The van der Waals surface area contributed by atoms with Crippen LogP contribution in [-0.2, 0) is 11.2 Å². The normalized spacial score (nSPS) is 17.0. The van der Waals surface area contributed by atoms with Crippen LogP contribution < -0.4 is 0 Å². The molecule has 1 saturated heterocycles. The van der Waals surface area contributed by atoms with Crippen molar-refractivity contribution in [3.8, 4) is 0 Å². The van der Waals surface area contributed by atoms with Crippen LogP contribution in [-0.4, -0.2) is 41.9 Å². The molecule has 1 fully saturated rings. The minimum Gasteiger partial charge on any atom is -0.340 e. The molecule has 1 atom stereocenters. The Morgan fingerprint density at radius 2 is 1.48 bits per heavy atom. The van der Waals surface area contributed by atoms with E-state index < -0.39 is 0 Å². The average molecular weight is 308 g/mol. The van der Waals surface area contributed by atoms with Gasteiger partial charge in [-0.15, -0.1) is 0 Å². The van der Waals surface area contributed by atoms with E-state index in [1.807, 2.05) is 4.90 Å². The summed E-state index contributed by atoms with van der Waals surface area (Å²) in [6.45, 7) is 5.19. The minimum absolute atomic E-state index is 0.184. The number of benzene rings is 2. The Morgan fingerprint density at radius 3 is 2.04 bits per heavy atom. The van der Waals surface area contributed by atoms with Crippen LogP contribution in [0.2, 0.25) is 0 Å². The predicted octanol–water partition coefficient (Wildman–Crippen LogP) is 3.13. The van der Waals surface area contributed by atoms with Crippen LogP contribution in [0.5, 0.6) is 0 Å². The highest BCUT2D eigenvalue weighted by Gasteiger charge is 2.26. The first-order chi connectivity index (χ1) is 11.2. The van der Waals surface area contributed by atoms with Crippen molar-refractivity contribution in [3.63, 3.8) is 0 Å². The third kappa shape index (κ3) is 3.99. The van der Waals surface area contributed by atoms with Crippen LogP contribution in [0, 0.1) is 0 Å². The third-order valence-electron chi connectivity index (χ3n) is 4.66. The lowest BCUT2D eigenvalue weighted by Crippen LogP contribution is -2.49. The topological polar surface area (TPSA) is 23.6 Å². The Hall–Kier alpha value is -2.13. The number of piperazine rings is 1. The highest BCUT2D eigenvalue weighted by atomic mass is 16.2. The summed E-state index contributed by atoms with van der Waals surface area (Å²) in [5.41, 5.74) is 2.71. The van der Waals surface area contributed by atoms with Crippen molar-refractivity contribution in [2.45, 2.75) is 19.4 Å². The fourth-order valence-corrected chi connectivity index (χ4v) is 3.32. The van der Waals surface area contributed by atoms with Crippen LogP contribution in [0.3, 0.4) is 0 Å². The second-order valence-electron chi connectivity index (χ2n) is 6.16. The summed E-state index contributed by atoms with van der Waals surface area (Å²) in [5.74, 6) is 0.184. The van der Waals surface area contributed by atoms with Crippen molar-refractivity contribution in [3.05, 3.63) is 71.8 Å². The van der Waals surface area contributed by atoms with Gasteiger partial charge in [0.05, 0.1) is 0 Å². The second-order valence-corrected chi connectivity index (χ2v) is 6.16. The van der Waals surface area contributed by atoms with Crippen LogP contribution in [0.15, 0.2) is 60.7 Å². The summed E-state index contributed by atoms with van der Waals surface area (Å²) in [7, 11) is 0. The molecule has 0 saturated carbocycles. The maximum atomic E-state index is 11.5. The predicted molar refractivity (Wildman–Crippen MR) is 93.2 cm³/mol. The van der Waals surface area contributed by atoms with Gasteiger partial charge in [-0.25, -0.2) is 0 Å². The Morgan fingerprint density at radius 1 is 0.913 bits per heavy atom. The zero-order valence-corrected chi connectivity index (χ0v) is 13.7. The van der Waals surface area contributed by atoms with Crippen LogP contribution in [0.1, 0.15) is 24.1 Å². The second kappa shape index (κ2) is 7.42. The zero-order valence-electron chi connectivity index (χ0n) is 13.7. The summed E-state index contributed by atoms with van der Waals surface area (Å²) in [6.07, 6.45) is 1.00. The lowest BCUT2D eigenvalue weighted by Gasteiger charge is -2.39. The van der Waals surface area contributed by atoms with Gasteiger partial charge in [0.2, 0.25) is 5.91 Å². The van der Waals surface area contributed by atoms with Crippen molar-refractivity contribution in [2.24, 2.45) is 0 Å². The molecule has 1 heterocycles. The molecule has 0 radical (unpaired) electrons.